The van der Waals surface area contributed by atoms with Gasteiger partial charge in [0.05, 0.1) is 6.54 Å². The molecule has 0 saturated carbocycles. The van der Waals surface area contributed by atoms with Gasteiger partial charge in [-0.25, -0.2) is 9.59 Å². The molecule has 1 unspecified atom stereocenters. The first-order valence-electron chi connectivity index (χ1n) is 5.71. The fourth-order valence-corrected chi connectivity index (χ4v) is 1.63. The number of amides is 1. The van der Waals surface area contributed by atoms with Gasteiger partial charge in [0.25, 0.3) is 0 Å². The first kappa shape index (κ1) is 14.0. The van der Waals surface area contributed by atoms with Crippen molar-refractivity contribution < 1.29 is 14.7 Å². The number of imidazole rings is 1. The standard InChI is InChI=1S/C11H17N3O4/c1-3-4-13-5-6-14(11(13)18)7-9(10(16)17)12-8(2)15/h5-6,9H,3-4,7H2,1-2H3,(H,12,15)(H,16,17). The quantitative estimate of drug-likeness (QED) is 0.726. The molecular weight excluding hydrogens is 238 g/mol. The Bertz CT molecular complexity index is 489. The van der Waals surface area contributed by atoms with Gasteiger partial charge in [0.1, 0.15) is 6.04 Å². The Morgan fingerprint density at radius 2 is 2.00 bits per heavy atom. The van der Waals surface area contributed by atoms with Crippen molar-refractivity contribution in [1.82, 2.24) is 14.5 Å². The molecule has 0 bridgehead atoms. The van der Waals surface area contributed by atoms with E-state index in [1.165, 1.54) is 22.3 Å². The number of aromatic nitrogens is 2. The van der Waals surface area contributed by atoms with Gasteiger partial charge in [-0.2, -0.15) is 0 Å². The maximum absolute atomic E-state index is 11.8. The third-order valence-electron chi connectivity index (χ3n) is 2.44. The Hall–Kier alpha value is -2.05. The Morgan fingerprint density at radius 3 is 2.50 bits per heavy atom. The lowest BCUT2D eigenvalue weighted by Crippen LogP contribution is -2.44. The fraction of sp³-hybridized carbons (Fsp3) is 0.545. The number of hydrogen-bond acceptors (Lipinski definition) is 3. The van der Waals surface area contributed by atoms with E-state index < -0.39 is 17.9 Å². The van der Waals surface area contributed by atoms with E-state index in [1.807, 2.05) is 6.92 Å². The molecule has 1 atom stereocenters. The van der Waals surface area contributed by atoms with E-state index in [0.29, 0.717) is 6.54 Å². The summed E-state index contributed by atoms with van der Waals surface area (Å²) in [4.78, 5) is 33.6. The molecule has 1 rings (SSSR count). The van der Waals surface area contributed by atoms with Crippen LogP contribution in [0.25, 0.3) is 0 Å². The van der Waals surface area contributed by atoms with Crippen LogP contribution in [0.2, 0.25) is 0 Å². The molecule has 1 amide bonds. The number of carboxylic acid groups (broad SMARTS) is 1. The number of hydrogen-bond donors (Lipinski definition) is 2. The molecule has 0 aliphatic heterocycles. The average Bonchev–Trinajstić information content (AvgIpc) is 2.60. The van der Waals surface area contributed by atoms with Gasteiger partial charge in [-0.05, 0) is 6.42 Å². The van der Waals surface area contributed by atoms with Crippen LogP contribution in [0, 0.1) is 0 Å². The summed E-state index contributed by atoms with van der Waals surface area (Å²) in [6, 6.07) is -1.10. The highest BCUT2D eigenvalue weighted by molar-refractivity contribution is 5.81. The van der Waals surface area contributed by atoms with Crippen LogP contribution in [0.3, 0.4) is 0 Å². The number of rotatable bonds is 6. The number of carbonyl (C=O) groups excluding carboxylic acids is 1. The topological polar surface area (TPSA) is 93.3 Å². The molecule has 1 heterocycles. The summed E-state index contributed by atoms with van der Waals surface area (Å²) < 4.78 is 2.79. The van der Waals surface area contributed by atoms with Crippen molar-refractivity contribution in [3.63, 3.8) is 0 Å². The highest BCUT2D eigenvalue weighted by Gasteiger charge is 2.20. The molecule has 0 aromatic carbocycles. The third kappa shape index (κ3) is 3.47. The Morgan fingerprint density at radius 1 is 1.39 bits per heavy atom. The zero-order chi connectivity index (χ0) is 13.7. The second-order valence-electron chi connectivity index (χ2n) is 4.02. The molecule has 100 valence electrons. The van der Waals surface area contributed by atoms with Gasteiger partial charge < -0.3 is 10.4 Å². The number of nitrogens with zero attached hydrogens (tertiary/aromatic N) is 2. The van der Waals surface area contributed by atoms with Crippen LogP contribution < -0.4 is 11.0 Å². The van der Waals surface area contributed by atoms with Gasteiger partial charge >= 0.3 is 11.7 Å². The van der Waals surface area contributed by atoms with Crippen LogP contribution in [0.1, 0.15) is 20.3 Å². The van der Waals surface area contributed by atoms with Crippen LogP contribution in [0.4, 0.5) is 0 Å². The largest absolute Gasteiger partial charge is 0.480 e. The van der Waals surface area contributed by atoms with E-state index >= 15 is 0 Å². The van der Waals surface area contributed by atoms with Gasteiger partial charge in [0.15, 0.2) is 0 Å². The molecule has 0 radical (unpaired) electrons. The summed E-state index contributed by atoms with van der Waals surface area (Å²) in [5.74, 6) is -1.61. The highest BCUT2D eigenvalue weighted by atomic mass is 16.4. The Balaban J connectivity index is 2.84. The Kier molecular flexibility index (Phi) is 4.70. The fourth-order valence-electron chi connectivity index (χ4n) is 1.63. The predicted molar refractivity (Wildman–Crippen MR) is 64.2 cm³/mol. The van der Waals surface area contributed by atoms with E-state index in [1.54, 1.807) is 6.20 Å². The first-order valence-corrected chi connectivity index (χ1v) is 5.71. The molecule has 7 heteroatoms. The molecule has 2 N–H and O–H groups in total. The van der Waals surface area contributed by atoms with Crippen molar-refractivity contribution in [3.05, 3.63) is 22.9 Å². The van der Waals surface area contributed by atoms with Gasteiger partial charge in [-0.15, -0.1) is 0 Å². The smallest absolute Gasteiger partial charge is 0.328 e. The van der Waals surface area contributed by atoms with Crippen molar-refractivity contribution >= 4 is 11.9 Å². The molecule has 0 spiro atoms. The number of carboxylic acids is 1. The van der Waals surface area contributed by atoms with Gasteiger partial charge in [-0.1, -0.05) is 6.92 Å². The molecule has 0 fully saturated rings. The summed E-state index contributed by atoms with van der Waals surface area (Å²) in [5.41, 5.74) is -0.270. The van der Waals surface area contributed by atoms with Crippen molar-refractivity contribution in [3.8, 4) is 0 Å². The molecule has 0 aliphatic carbocycles. The van der Waals surface area contributed by atoms with Crippen LogP contribution in [0.5, 0.6) is 0 Å². The van der Waals surface area contributed by atoms with E-state index in [-0.39, 0.29) is 12.2 Å². The second-order valence-corrected chi connectivity index (χ2v) is 4.02. The highest BCUT2D eigenvalue weighted by Crippen LogP contribution is 1.93. The molecule has 0 aliphatic rings. The summed E-state index contributed by atoms with van der Waals surface area (Å²) in [5, 5.41) is 11.2. The molecule has 7 nitrogen and oxygen atoms in total. The minimum atomic E-state index is -1.17. The normalized spacial score (nSPS) is 12.1. The Labute approximate surface area is 104 Å². The average molecular weight is 255 g/mol. The molecule has 0 saturated heterocycles. The van der Waals surface area contributed by atoms with Crippen molar-refractivity contribution in [2.45, 2.75) is 39.4 Å². The predicted octanol–water partition coefficient (Wildman–Crippen LogP) is -0.351. The SMILES string of the molecule is CCCn1ccn(CC(NC(C)=O)C(=O)O)c1=O. The van der Waals surface area contributed by atoms with Crippen molar-refractivity contribution in [2.75, 3.05) is 0 Å². The number of aryl methyl sites for hydroxylation is 1. The van der Waals surface area contributed by atoms with Crippen LogP contribution in [0.15, 0.2) is 17.2 Å². The minimum absolute atomic E-state index is 0.0789. The summed E-state index contributed by atoms with van der Waals surface area (Å²) >= 11 is 0. The van der Waals surface area contributed by atoms with Gasteiger partial charge in [-0.3, -0.25) is 13.9 Å². The maximum Gasteiger partial charge on any atom is 0.328 e. The molecule has 1 aromatic heterocycles. The number of nitrogens with one attached hydrogen (secondary N) is 1. The number of aliphatic carboxylic acids is 1. The summed E-state index contributed by atoms with van der Waals surface area (Å²) in [7, 11) is 0. The van der Waals surface area contributed by atoms with Gasteiger partial charge in [0, 0.05) is 25.9 Å². The lowest BCUT2D eigenvalue weighted by atomic mass is 10.3. The summed E-state index contributed by atoms with van der Waals surface area (Å²) in [6.07, 6.45) is 3.95. The van der Waals surface area contributed by atoms with Crippen LogP contribution in [-0.2, 0) is 22.7 Å². The van der Waals surface area contributed by atoms with Crippen LogP contribution >= 0.6 is 0 Å². The lowest BCUT2D eigenvalue weighted by molar-refractivity contribution is -0.141. The molecule has 1 aromatic rings. The zero-order valence-electron chi connectivity index (χ0n) is 10.4. The van der Waals surface area contributed by atoms with Gasteiger partial charge in [0.2, 0.25) is 5.91 Å². The number of carbonyl (C=O) groups is 2. The van der Waals surface area contributed by atoms with E-state index in [0.717, 1.165) is 6.42 Å². The van der Waals surface area contributed by atoms with Crippen LogP contribution in [-0.4, -0.2) is 32.2 Å². The maximum atomic E-state index is 11.8. The zero-order valence-corrected chi connectivity index (χ0v) is 10.4. The third-order valence-corrected chi connectivity index (χ3v) is 2.44. The minimum Gasteiger partial charge on any atom is -0.480 e. The van der Waals surface area contributed by atoms with Crippen molar-refractivity contribution in [2.24, 2.45) is 0 Å². The van der Waals surface area contributed by atoms with E-state index in [4.69, 9.17) is 5.11 Å². The second kappa shape index (κ2) is 6.04. The summed E-state index contributed by atoms with van der Waals surface area (Å²) in [6.45, 7) is 3.69. The first-order chi connectivity index (χ1) is 8.45. The molecule has 18 heavy (non-hydrogen) atoms. The monoisotopic (exact) mass is 255 g/mol. The van der Waals surface area contributed by atoms with E-state index in [2.05, 4.69) is 5.32 Å². The van der Waals surface area contributed by atoms with Crippen molar-refractivity contribution in [1.29, 1.82) is 0 Å². The van der Waals surface area contributed by atoms with E-state index in [9.17, 15) is 14.4 Å². The lowest BCUT2D eigenvalue weighted by Gasteiger charge is -2.13. The molecular formula is C11H17N3O4.